The van der Waals surface area contributed by atoms with Gasteiger partial charge in [0.15, 0.2) is 0 Å². The minimum Gasteiger partial charge on any atom is -0.481 e. The van der Waals surface area contributed by atoms with Gasteiger partial charge in [0.1, 0.15) is 0 Å². The number of carboxylic acid groups (broad SMARTS) is 1. The Morgan fingerprint density at radius 2 is 2.00 bits per heavy atom. The molecule has 2 N–H and O–H groups in total. The molecule has 6 heteroatoms. The number of carbonyl (C=O) groups is 2. The number of likely N-dealkylation sites (tertiary alicyclic amines) is 1. The van der Waals surface area contributed by atoms with Crippen molar-refractivity contribution >= 4 is 30.0 Å². The number of halogens is 1. The lowest BCUT2D eigenvalue weighted by Gasteiger charge is -2.14. The molecule has 0 aliphatic carbocycles. The molecule has 1 aromatic rings. The number of nitrogens with zero attached hydrogens (tertiary/aromatic N) is 1. The van der Waals surface area contributed by atoms with E-state index in [4.69, 9.17) is 5.11 Å². The molecule has 0 bridgehead atoms. The van der Waals surface area contributed by atoms with Crippen molar-refractivity contribution in [3.05, 3.63) is 29.8 Å². The van der Waals surface area contributed by atoms with Crippen molar-refractivity contribution in [2.75, 3.05) is 25.0 Å². The van der Waals surface area contributed by atoms with Crippen LogP contribution in [-0.2, 0) is 16.0 Å². The van der Waals surface area contributed by atoms with Crippen LogP contribution in [0.25, 0.3) is 0 Å². The predicted octanol–water partition coefficient (Wildman–Crippen LogP) is 2.02. The first-order valence-electron chi connectivity index (χ1n) is 6.92. The lowest BCUT2D eigenvalue weighted by atomic mass is 10.1. The Morgan fingerprint density at radius 1 is 1.33 bits per heavy atom. The second-order valence-electron chi connectivity index (χ2n) is 5.16. The van der Waals surface area contributed by atoms with Crippen LogP contribution in [0.2, 0.25) is 0 Å². The van der Waals surface area contributed by atoms with Crippen LogP contribution in [0.5, 0.6) is 0 Å². The number of aliphatic carboxylic acids is 1. The Morgan fingerprint density at radius 3 is 2.52 bits per heavy atom. The molecule has 0 radical (unpaired) electrons. The monoisotopic (exact) mass is 312 g/mol. The van der Waals surface area contributed by atoms with Gasteiger partial charge in [-0.3, -0.25) is 14.5 Å². The van der Waals surface area contributed by atoms with Crippen molar-refractivity contribution in [1.82, 2.24) is 4.90 Å². The quantitative estimate of drug-likeness (QED) is 0.872. The summed E-state index contributed by atoms with van der Waals surface area (Å²) in [5.41, 5.74) is 2.01. The molecule has 5 nitrogen and oxygen atoms in total. The number of carboxylic acids is 1. The molecule has 0 spiro atoms. The van der Waals surface area contributed by atoms with Crippen LogP contribution in [0.15, 0.2) is 24.3 Å². The first-order chi connectivity index (χ1) is 9.58. The fourth-order valence-corrected chi connectivity index (χ4v) is 2.41. The molecule has 1 aromatic carbocycles. The van der Waals surface area contributed by atoms with Crippen LogP contribution in [0.1, 0.15) is 18.9 Å². The molecule has 1 atom stereocenters. The second kappa shape index (κ2) is 8.00. The smallest absolute Gasteiger partial charge is 0.307 e. The van der Waals surface area contributed by atoms with E-state index in [1.54, 1.807) is 0 Å². The summed E-state index contributed by atoms with van der Waals surface area (Å²) in [5.74, 6) is -1.21. The lowest BCUT2D eigenvalue weighted by Crippen LogP contribution is -2.32. The van der Waals surface area contributed by atoms with Crippen LogP contribution in [0, 0.1) is 5.92 Å². The fourth-order valence-electron chi connectivity index (χ4n) is 2.41. The van der Waals surface area contributed by atoms with Crippen LogP contribution < -0.4 is 5.32 Å². The largest absolute Gasteiger partial charge is 0.481 e. The molecular formula is C15H21ClN2O3. The van der Waals surface area contributed by atoms with E-state index in [-0.39, 0.29) is 30.8 Å². The first kappa shape index (κ1) is 17.5. The summed E-state index contributed by atoms with van der Waals surface area (Å²) < 4.78 is 0. The van der Waals surface area contributed by atoms with Gasteiger partial charge < -0.3 is 10.4 Å². The van der Waals surface area contributed by atoms with Crippen molar-refractivity contribution in [2.45, 2.75) is 19.8 Å². The van der Waals surface area contributed by atoms with Gasteiger partial charge in [-0.2, -0.15) is 0 Å². The Labute approximate surface area is 130 Å². The third kappa shape index (κ3) is 5.02. The van der Waals surface area contributed by atoms with Gasteiger partial charge in [-0.25, -0.2) is 0 Å². The third-order valence-electron chi connectivity index (χ3n) is 3.63. The Kier molecular flexibility index (Phi) is 6.65. The zero-order chi connectivity index (χ0) is 14.5. The normalized spacial score (nSPS) is 18.0. The maximum absolute atomic E-state index is 11.9. The molecule has 1 heterocycles. The highest BCUT2D eigenvalue weighted by molar-refractivity contribution is 5.92. The molecule has 1 aliphatic heterocycles. The van der Waals surface area contributed by atoms with Gasteiger partial charge in [-0.05, 0) is 37.1 Å². The van der Waals surface area contributed by atoms with Gasteiger partial charge in [0.05, 0.1) is 12.5 Å². The van der Waals surface area contributed by atoms with Gasteiger partial charge in [-0.15, -0.1) is 12.4 Å². The number of amides is 1. The number of nitrogens with one attached hydrogen (secondary N) is 1. The Bertz CT molecular complexity index is 490. The Hall–Kier alpha value is -1.59. The zero-order valence-corrected chi connectivity index (χ0v) is 12.9. The standard InChI is InChI=1S/C15H20N2O3.ClH/c1-2-11-3-5-13(6-4-11)16-14(18)10-17-8-7-12(9-17)15(19)20;/h3-6,12H,2,7-10H2,1H3,(H,16,18)(H,19,20);1H. The SMILES string of the molecule is CCc1ccc(NC(=O)CN2CCC(C(=O)O)C2)cc1.Cl. The van der Waals surface area contributed by atoms with E-state index in [0.717, 1.165) is 12.1 Å². The fraction of sp³-hybridized carbons (Fsp3) is 0.467. The molecule has 116 valence electrons. The summed E-state index contributed by atoms with van der Waals surface area (Å²) in [6.45, 7) is 3.45. The summed E-state index contributed by atoms with van der Waals surface area (Å²) in [7, 11) is 0. The van der Waals surface area contributed by atoms with E-state index in [1.165, 1.54) is 5.56 Å². The third-order valence-corrected chi connectivity index (χ3v) is 3.63. The van der Waals surface area contributed by atoms with Gasteiger partial charge in [0, 0.05) is 12.2 Å². The van der Waals surface area contributed by atoms with Crippen molar-refractivity contribution in [1.29, 1.82) is 0 Å². The van der Waals surface area contributed by atoms with Gasteiger partial charge in [0.2, 0.25) is 5.91 Å². The molecule has 1 saturated heterocycles. The molecule has 21 heavy (non-hydrogen) atoms. The second-order valence-corrected chi connectivity index (χ2v) is 5.16. The minimum absolute atomic E-state index is 0. The van der Waals surface area contributed by atoms with E-state index in [1.807, 2.05) is 29.2 Å². The first-order valence-corrected chi connectivity index (χ1v) is 6.92. The molecular weight excluding hydrogens is 292 g/mol. The van der Waals surface area contributed by atoms with E-state index < -0.39 is 5.97 Å². The Balaban J connectivity index is 0.00000220. The number of hydrogen-bond donors (Lipinski definition) is 2. The number of carbonyl (C=O) groups excluding carboxylic acids is 1. The van der Waals surface area contributed by atoms with Crippen molar-refractivity contribution in [3.63, 3.8) is 0 Å². The highest BCUT2D eigenvalue weighted by Crippen LogP contribution is 2.16. The average molecular weight is 313 g/mol. The zero-order valence-electron chi connectivity index (χ0n) is 12.0. The van der Waals surface area contributed by atoms with Crippen LogP contribution in [-0.4, -0.2) is 41.5 Å². The predicted molar refractivity (Wildman–Crippen MR) is 83.9 cm³/mol. The highest BCUT2D eigenvalue weighted by atomic mass is 35.5. The topological polar surface area (TPSA) is 69.6 Å². The van der Waals surface area contributed by atoms with Gasteiger partial charge in [-0.1, -0.05) is 19.1 Å². The molecule has 1 unspecified atom stereocenters. The minimum atomic E-state index is -0.775. The lowest BCUT2D eigenvalue weighted by molar-refractivity contribution is -0.141. The van der Waals surface area contributed by atoms with Crippen molar-refractivity contribution < 1.29 is 14.7 Å². The van der Waals surface area contributed by atoms with Crippen molar-refractivity contribution in [3.8, 4) is 0 Å². The summed E-state index contributed by atoms with van der Waals surface area (Å²) in [6.07, 6.45) is 1.59. The van der Waals surface area contributed by atoms with E-state index in [2.05, 4.69) is 12.2 Å². The van der Waals surface area contributed by atoms with Gasteiger partial charge >= 0.3 is 5.97 Å². The van der Waals surface area contributed by atoms with Crippen LogP contribution >= 0.6 is 12.4 Å². The molecule has 1 amide bonds. The summed E-state index contributed by atoms with van der Waals surface area (Å²) >= 11 is 0. The highest BCUT2D eigenvalue weighted by Gasteiger charge is 2.28. The maximum Gasteiger partial charge on any atom is 0.307 e. The van der Waals surface area contributed by atoms with E-state index >= 15 is 0 Å². The van der Waals surface area contributed by atoms with E-state index in [9.17, 15) is 9.59 Å². The molecule has 1 aliphatic rings. The maximum atomic E-state index is 11.9. The molecule has 1 fully saturated rings. The number of hydrogen-bond acceptors (Lipinski definition) is 3. The number of anilines is 1. The van der Waals surface area contributed by atoms with Crippen LogP contribution in [0.3, 0.4) is 0 Å². The molecule has 0 saturated carbocycles. The summed E-state index contributed by atoms with van der Waals surface area (Å²) in [6, 6.07) is 7.76. The summed E-state index contributed by atoms with van der Waals surface area (Å²) in [5, 5.41) is 11.8. The van der Waals surface area contributed by atoms with Gasteiger partial charge in [0.25, 0.3) is 0 Å². The number of aryl methyl sites for hydroxylation is 1. The number of rotatable bonds is 5. The van der Waals surface area contributed by atoms with E-state index in [0.29, 0.717) is 19.5 Å². The molecule has 0 aromatic heterocycles. The average Bonchev–Trinajstić information content (AvgIpc) is 2.88. The molecule has 2 rings (SSSR count). The van der Waals surface area contributed by atoms with Crippen LogP contribution in [0.4, 0.5) is 5.69 Å². The number of benzene rings is 1. The van der Waals surface area contributed by atoms with Crippen molar-refractivity contribution in [2.24, 2.45) is 5.92 Å². The summed E-state index contributed by atoms with van der Waals surface area (Å²) in [4.78, 5) is 24.6.